The van der Waals surface area contributed by atoms with E-state index < -0.39 is 0 Å². The molecule has 0 aromatic carbocycles. The van der Waals surface area contributed by atoms with Crippen molar-refractivity contribution in [1.29, 1.82) is 0 Å². The van der Waals surface area contributed by atoms with E-state index in [1.807, 2.05) is 6.08 Å². The molecule has 1 nitrogen and oxygen atoms in total. The first-order chi connectivity index (χ1) is 5.12. The number of nitrogens with two attached hydrogens (primary N) is 1. The van der Waals surface area contributed by atoms with E-state index in [-0.39, 0.29) is 5.41 Å². The first-order valence-corrected chi connectivity index (χ1v) is 4.24. The lowest BCUT2D eigenvalue weighted by Crippen LogP contribution is -2.20. The van der Waals surface area contributed by atoms with Gasteiger partial charge in [0.2, 0.25) is 0 Å². The summed E-state index contributed by atoms with van der Waals surface area (Å²) in [6.07, 6.45) is 6.40. The van der Waals surface area contributed by atoms with Crippen LogP contribution in [0.25, 0.3) is 0 Å². The van der Waals surface area contributed by atoms with Crippen LogP contribution in [0.2, 0.25) is 0 Å². The molecule has 0 fully saturated rings. The number of hydrogen-bond donors (Lipinski definition) is 1. The molecule has 0 aliphatic heterocycles. The largest absolute Gasteiger partial charge is 0.330 e. The summed E-state index contributed by atoms with van der Waals surface area (Å²) < 4.78 is 0. The minimum Gasteiger partial charge on any atom is -0.330 e. The Bertz CT molecular complexity index is 150. The second kappa shape index (κ2) is 5.17. The topological polar surface area (TPSA) is 26.0 Å². The molecular formula is C10H19N. The van der Waals surface area contributed by atoms with E-state index in [0.29, 0.717) is 6.54 Å². The third kappa shape index (κ3) is 5.90. The highest BCUT2D eigenvalue weighted by Gasteiger charge is 2.08. The maximum Gasteiger partial charge on any atom is 0.00234 e. The first-order valence-electron chi connectivity index (χ1n) is 4.24. The van der Waals surface area contributed by atoms with E-state index in [0.717, 1.165) is 6.42 Å². The molecule has 0 saturated carbocycles. The van der Waals surface area contributed by atoms with Gasteiger partial charge in [-0.25, -0.2) is 0 Å². The highest BCUT2D eigenvalue weighted by Crippen LogP contribution is 2.12. The van der Waals surface area contributed by atoms with E-state index in [1.54, 1.807) is 0 Å². The van der Waals surface area contributed by atoms with Crippen molar-refractivity contribution in [3.63, 3.8) is 0 Å². The summed E-state index contributed by atoms with van der Waals surface area (Å²) in [6, 6.07) is 0. The van der Waals surface area contributed by atoms with E-state index >= 15 is 0 Å². The SMILES string of the molecule is CCCC=C=CC(C)(C)CN. The van der Waals surface area contributed by atoms with Crippen molar-refractivity contribution < 1.29 is 0 Å². The molecule has 0 bridgehead atoms. The third-order valence-electron chi connectivity index (χ3n) is 1.55. The summed E-state index contributed by atoms with van der Waals surface area (Å²) in [7, 11) is 0. The maximum absolute atomic E-state index is 5.54. The van der Waals surface area contributed by atoms with Gasteiger partial charge in [-0.15, -0.1) is 5.73 Å². The maximum atomic E-state index is 5.54. The predicted molar refractivity (Wildman–Crippen MR) is 50.4 cm³/mol. The molecule has 0 aliphatic carbocycles. The van der Waals surface area contributed by atoms with Crippen LogP contribution < -0.4 is 5.73 Å². The number of rotatable bonds is 4. The summed E-state index contributed by atoms with van der Waals surface area (Å²) in [5.74, 6) is 0. The molecule has 11 heavy (non-hydrogen) atoms. The number of unbranched alkanes of at least 4 members (excludes halogenated alkanes) is 1. The minimum atomic E-state index is 0.101. The Labute approximate surface area is 70.0 Å². The van der Waals surface area contributed by atoms with Crippen molar-refractivity contribution in [2.45, 2.75) is 33.6 Å². The van der Waals surface area contributed by atoms with Gasteiger partial charge < -0.3 is 5.73 Å². The second-order valence-corrected chi connectivity index (χ2v) is 3.50. The lowest BCUT2D eigenvalue weighted by Gasteiger charge is -2.14. The number of hydrogen-bond acceptors (Lipinski definition) is 1. The predicted octanol–water partition coefficient (Wildman–Crippen LogP) is 2.48. The van der Waals surface area contributed by atoms with Crippen LogP contribution in [0, 0.1) is 5.41 Å². The van der Waals surface area contributed by atoms with Crippen LogP contribution in [0.3, 0.4) is 0 Å². The van der Waals surface area contributed by atoms with Crippen molar-refractivity contribution in [2.75, 3.05) is 6.54 Å². The van der Waals surface area contributed by atoms with Crippen molar-refractivity contribution in [3.05, 3.63) is 17.9 Å². The Hall–Kier alpha value is -0.520. The fourth-order valence-electron chi connectivity index (χ4n) is 0.571. The molecule has 0 radical (unpaired) electrons. The molecule has 2 N–H and O–H groups in total. The Morgan fingerprint density at radius 3 is 2.55 bits per heavy atom. The van der Waals surface area contributed by atoms with E-state index in [1.165, 1.54) is 6.42 Å². The van der Waals surface area contributed by atoms with E-state index in [9.17, 15) is 0 Å². The van der Waals surface area contributed by atoms with Crippen molar-refractivity contribution in [3.8, 4) is 0 Å². The molecule has 64 valence electrons. The second-order valence-electron chi connectivity index (χ2n) is 3.50. The quantitative estimate of drug-likeness (QED) is 0.617. The normalized spacial score (nSPS) is 10.5. The molecule has 0 aromatic heterocycles. The average Bonchev–Trinajstić information content (AvgIpc) is 1.99. The van der Waals surface area contributed by atoms with Gasteiger partial charge in [0.25, 0.3) is 0 Å². The van der Waals surface area contributed by atoms with Gasteiger partial charge in [0.05, 0.1) is 0 Å². The molecular weight excluding hydrogens is 134 g/mol. The zero-order valence-electron chi connectivity index (χ0n) is 7.85. The van der Waals surface area contributed by atoms with Crippen LogP contribution in [-0.4, -0.2) is 6.54 Å². The minimum absolute atomic E-state index is 0.101. The fourth-order valence-corrected chi connectivity index (χ4v) is 0.571. The van der Waals surface area contributed by atoms with Gasteiger partial charge in [-0.3, -0.25) is 0 Å². The molecule has 0 rings (SSSR count). The third-order valence-corrected chi connectivity index (χ3v) is 1.55. The molecule has 0 unspecified atom stereocenters. The van der Waals surface area contributed by atoms with E-state index in [2.05, 4.69) is 32.6 Å². The fraction of sp³-hybridized carbons (Fsp3) is 0.700. The van der Waals surface area contributed by atoms with Gasteiger partial charge in [-0.05, 0) is 18.6 Å². The smallest absolute Gasteiger partial charge is 0.00234 e. The van der Waals surface area contributed by atoms with Gasteiger partial charge >= 0.3 is 0 Å². The molecule has 1 heteroatoms. The van der Waals surface area contributed by atoms with Gasteiger partial charge in [-0.2, -0.15) is 0 Å². The molecule has 0 saturated heterocycles. The summed E-state index contributed by atoms with van der Waals surface area (Å²) >= 11 is 0. The van der Waals surface area contributed by atoms with Gasteiger partial charge in [-0.1, -0.05) is 27.2 Å². The molecule has 0 amide bonds. The van der Waals surface area contributed by atoms with Crippen LogP contribution in [-0.2, 0) is 0 Å². The van der Waals surface area contributed by atoms with E-state index in [4.69, 9.17) is 5.73 Å². The molecule has 0 spiro atoms. The van der Waals surface area contributed by atoms with Crippen LogP contribution in [0.4, 0.5) is 0 Å². The molecule has 0 atom stereocenters. The molecule has 0 aliphatic rings. The van der Waals surface area contributed by atoms with Crippen LogP contribution in [0.1, 0.15) is 33.6 Å². The summed E-state index contributed by atoms with van der Waals surface area (Å²) in [6.45, 7) is 7.06. The van der Waals surface area contributed by atoms with Gasteiger partial charge in [0.15, 0.2) is 0 Å². The molecule has 0 aromatic rings. The monoisotopic (exact) mass is 153 g/mol. The van der Waals surface area contributed by atoms with Gasteiger partial charge in [0.1, 0.15) is 0 Å². The standard InChI is InChI=1S/C10H19N/c1-4-5-6-7-8-10(2,3)9-11/h6,8H,4-5,9,11H2,1-3H3. The van der Waals surface area contributed by atoms with Crippen molar-refractivity contribution in [2.24, 2.45) is 11.1 Å². The van der Waals surface area contributed by atoms with Crippen molar-refractivity contribution in [1.82, 2.24) is 0 Å². The Balaban J connectivity index is 3.89. The van der Waals surface area contributed by atoms with Crippen LogP contribution >= 0.6 is 0 Å². The molecule has 0 heterocycles. The Morgan fingerprint density at radius 1 is 1.45 bits per heavy atom. The van der Waals surface area contributed by atoms with Crippen LogP contribution in [0.15, 0.2) is 17.9 Å². The Kier molecular flexibility index (Phi) is 4.93. The summed E-state index contributed by atoms with van der Waals surface area (Å²) in [5.41, 5.74) is 8.78. The van der Waals surface area contributed by atoms with Gasteiger partial charge in [0, 0.05) is 12.0 Å². The zero-order valence-corrected chi connectivity index (χ0v) is 7.85. The summed E-state index contributed by atoms with van der Waals surface area (Å²) in [5, 5.41) is 0. The lowest BCUT2D eigenvalue weighted by molar-refractivity contribution is 0.496. The summed E-state index contributed by atoms with van der Waals surface area (Å²) in [4.78, 5) is 0. The van der Waals surface area contributed by atoms with Crippen molar-refractivity contribution >= 4 is 0 Å². The average molecular weight is 153 g/mol. The highest BCUT2D eigenvalue weighted by atomic mass is 14.6. The zero-order chi connectivity index (χ0) is 8.74. The lowest BCUT2D eigenvalue weighted by atomic mass is 9.94. The van der Waals surface area contributed by atoms with Crippen LogP contribution in [0.5, 0.6) is 0 Å². The Morgan fingerprint density at radius 2 is 2.09 bits per heavy atom. The highest BCUT2D eigenvalue weighted by molar-refractivity contribution is 4.95. The first kappa shape index (κ1) is 10.5.